The molecule has 0 saturated carbocycles. The van der Waals surface area contributed by atoms with Crippen LogP contribution < -0.4 is 11.1 Å². The zero-order valence-electron chi connectivity index (χ0n) is 9.97. The number of aromatic amines is 1. The first-order valence-electron chi connectivity index (χ1n) is 5.51. The highest BCUT2D eigenvalue weighted by molar-refractivity contribution is 6.09. The Bertz CT molecular complexity index is 803. The van der Waals surface area contributed by atoms with Crippen molar-refractivity contribution in [2.24, 2.45) is 10.7 Å². The Morgan fingerprint density at radius 3 is 2.65 bits per heavy atom. The van der Waals surface area contributed by atoms with Crippen molar-refractivity contribution in [3.63, 3.8) is 0 Å². The van der Waals surface area contributed by atoms with Crippen LogP contribution in [0.4, 0.5) is 13.2 Å². The van der Waals surface area contributed by atoms with Crippen LogP contribution in [-0.2, 0) is 0 Å². The SMILES string of the molecule is C=C1NC(c2[nH]nc3c(F)cc(F)cc23)=NC(N)=C1F. The number of hydrogen-bond acceptors (Lipinski definition) is 4. The molecule has 8 heteroatoms. The van der Waals surface area contributed by atoms with E-state index in [0.717, 1.165) is 12.1 Å². The van der Waals surface area contributed by atoms with Gasteiger partial charge in [0.15, 0.2) is 23.3 Å². The summed E-state index contributed by atoms with van der Waals surface area (Å²) in [6.07, 6.45) is 0. The zero-order valence-corrected chi connectivity index (χ0v) is 9.97. The third kappa shape index (κ3) is 1.73. The van der Waals surface area contributed by atoms with Crippen molar-refractivity contribution in [2.75, 3.05) is 0 Å². The molecule has 0 atom stereocenters. The molecule has 20 heavy (non-hydrogen) atoms. The Morgan fingerprint density at radius 1 is 1.20 bits per heavy atom. The lowest BCUT2D eigenvalue weighted by atomic mass is 10.1. The van der Waals surface area contributed by atoms with Crippen molar-refractivity contribution < 1.29 is 13.2 Å². The second kappa shape index (κ2) is 4.12. The van der Waals surface area contributed by atoms with Gasteiger partial charge in [-0.05, 0) is 6.07 Å². The summed E-state index contributed by atoms with van der Waals surface area (Å²) in [7, 11) is 0. The maximum atomic E-state index is 13.5. The number of benzene rings is 1. The molecule has 0 bridgehead atoms. The average Bonchev–Trinajstić information content (AvgIpc) is 2.79. The van der Waals surface area contributed by atoms with Crippen molar-refractivity contribution in [1.29, 1.82) is 0 Å². The van der Waals surface area contributed by atoms with Gasteiger partial charge >= 0.3 is 0 Å². The number of nitrogens with one attached hydrogen (secondary N) is 2. The van der Waals surface area contributed by atoms with E-state index < -0.39 is 17.5 Å². The molecule has 1 aliphatic heterocycles. The molecule has 0 radical (unpaired) electrons. The number of hydrogen-bond donors (Lipinski definition) is 3. The summed E-state index contributed by atoms with van der Waals surface area (Å²) in [5.74, 6) is -2.64. The second-order valence-electron chi connectivity index (χ2n) is 4.15. The molecule has 3 rings (SSSR count). The zero-order chi connectivity index (χ0) is 14.4. The van der Waals surface area contributed by atoms with E-state index in [4.69, 9.17) is 5.73 Å². The first kappa shape index (κ1) is 12.3. The normalized spacial score (nSPS) is 15.6. The Morgan fingerprint density at radius 2 is 1.95 bits per heavy atom. The number of aliphatic imine (C=N–C) groups is 1. The molecule has 0 unspecified atom stereocenters. The number of nitrogens with two attached hydrogens (primary N) is 1. The molecule has 0 amide bonds. The van der Waals surface area contributed by atoms with Crippen LogP contribution in [0.15, 0.2) is 41.0 Å². The summed E-state index contributed by atoms with van der Waals surface area (Å²) in [5, 5.41) is 8.97. The minimum absolute atomic E-state index is 0.0508. The summed E-state index contributed by atoms with van der Waals surface area (Å²) < 4.78 is 40.2. The first-order chi connectivity index (χ1) is 9.47. The highest BCUT2D eigenvalue weighted by Crippen LogP contribution is 2.23. The predicted molar refractivity (Wildman–Crippen MR) is 67.1 cm³/mol. The molecular formula is C12H8F3N5. The van der Waals surface area contributed by atoms with Gasteiger partial charge in [0.2, 0.25) is 0 Å². The third-order valence-corrected chi connectivity index (χ3v) is 2.81. The smallest absolute Gasteiger partial charge is 0.188 e. The molecule has 0 fully saturated rings. The number of aromatic nitrogens is 2. The number of allylic oxidation sites excluding steroid dienone is 1. The lowest BCUT2D eigenvalue weighted by Crippen LogP contribution is -2.29. The molecule has 0 saturated heterocycles. The maximum Gasteiger partial charge on any atom is 0.188 e. The van der Waals surface area contributed by atoms with Gasteiger partial charge in [0, 0.05) is 11.5 Å². The number of amidine groups is 1. The lowest BCUT2D eigenvalue weighted by molar-refractivity contribution is 0.590. The number of rotatable bonds is 1. The fourth-order valence-corrected chi connectivity index (χ4v) is 1.89. The van der Waals surface area contributed by atoms with Gasteiger partial charge in [-0.1, -0.05) is 6.58 Å². The van der Waals surface area contributed by atoms with Gasteiger partial charge in [-0.15, -0.1) is 0 Å². The summed E-state index contributed by atoms with van der Waals surface area (Å²) in [6.45, 7) is 3.43. The number of nitrogens with zero attached hydrogens (tertiary/aromatic N) is 2. The van der Waals surface area contributed by atoms with E-state index in [9.17, 15) is 13.2 Å². The Hall–Kier alpha value is -2.77. The number of halogens is 3. The largest absolute Gasteiger partial charge is 0.381 e. The van der Waals surface area contributed by atoms with Gasteiger partial charge < -0.3 is 11.1 Å². The highest BCUT2D eigenvalue weighted by Gasteiger charge is 2.21. The van der Waals surface area contributed by atoms with Gasteiger partial charge in [0.1, 0.15) is 17.0 Å². The molecule has 1 aromatic carbocycles. The monoisotopic (exact) mass is 279 g/mol. The van der Waals surface area contributed by atoms with Crippen LogP contribution >= 0.6 is 0 Å². The van der Waals surface area contributed by atoms with Crippen molar-refractivity contribution in [2.45, 2.75) is 0 Å². The minimum atomic E-state index is -0.813. The topological polar surface area (TPSA) is 79.1 Å². The standard InChI is InChI=1S/C12H8F3N5/c1-4-8(15)11(16)18-12(17-4)10-6-2-5(13)3-7(14)9(6)19-20-10/h2-3H,1,16H2,(H,17,18)(H,19,20). The molecule has 2 heterocycles. The van der Waals surface area contributed by atoms with Crippen molar-refractivity contribution in [1.82, 2.24) is 15.5 Å². The Kier molecular flexibility index (Phi) is 2.53. The molecule has 5 nitrogen and oxygen atoms in total. The highest BCUT2D eigenvalue weighted by atomic mass is 19.1. The maximum absolute atomic E-state index is 13.5. The third-order valence-electron chi connectivity index (χ3n) is 2.81. The molecule has 102 valence electrons. The van der Waals surface area contributed by atoms with Gasteiger partial charge in [0.25, 0.3) is 0 Å². The summed E-state index contributed by atoms with van der Waals surface area (Å²) in [4.78, 5) is 3.78. The van der Waals surface area contributed by atoms with Gasteiger partial charge in [-0.3, -0.25) is 5.10 Å². The van der Waals surface area contributed by atoms with Crippen LogP contribution in [0.5, 0.6) is 0 Å². The number of H-pyrrole nitrogens is 1. The fourth-order valence-electron chi connectivity index (χ4n) is 1.89. The molecule has 1 aromatic heterocycles. The van der Waals surface area contributed by atoms with Crippen LogP contribution in [0.2, 0.25) is 0 Å². The van der Waals surface area contributed by atoms with E-state index in [-0.39, 0.29) is 34.0 Å². The van der Waals surface area contributed by atoms with Crippen molar-refractivity contribution >= 4 is 16.7 Å². The van der Waals surface area contributed by atoms with E-state index in [1.165, 1.54) is 0 Å². The quantitative estimate of drug-likeness (QED) is 0.744. The van der Waals surface area contributed by atoms with Crippen LogP contribution in [0.25, 0.3) is 10.9 Å². The van der Waals surface area contributed by atoms with E-state index in [1.807, 2.05) is 0 Å². The van der Waals surface area contributed by atoms with Crippen molar-refractivity contribution in [3.05, 3.63) is 53.4 Å². The summed E-state index contributed by atoms with van der Waals surface area (Å²) >= 11 is 0. The lowest BCUT2D eigenvalue weighted by Gasteiger charge is -2.15. The molecule has 2 aromatic rings. The van der Waals surface area contributed by atoms with Crippen LogP contribution in [0.1, 0.15) is 5.69 Å². The van der Waals surface area contributed by atoms with E-state index in [2.05, 4.69) is 27.1 Å². The van der Waals surface area contributed by atoms with E-state index in [1.54, 1.807) is 0 Å². The fraction of sp³-hybridized carbons (Fsp3) is 0. The minimum Gasteiger partial charge on any atom is -0.381 e. The van der Waals surface area contributed by atoms with Gasteiger partial charge in [-0.2, -0.15) is 5.10 Å². The van der Waals surface area contributed by atoms with Gasteiger partial charge in [-0.25, -0.2) is 18.2 Å². The number of fused-ring (bicyclic) bond motifs is 1. The van der Waals surface area contributed by atoms with E-state index in [0.29, 0.717) is 0 Å². The van der Waals surface area contributed by atoms with Gasteiger partial charge in [0.05, 0.1) is 5.70 Å². The van der Waals surface area contributed by atoms with E-state index >= 15 is 0 Å². The molecule has 0 aliphatic carbocycles. The Labute approximate surface area is 110 Å². The van der Waals surface area contributed by atoms with Crippen LogP contribution in [0, 0.1) is 11.6 Å². The van der Waals surface area contributed by atoms with Crippen LogP contribution in [0.3, 0.4) is 0 Å². The molecule has 0 spiro atoms. The molecular weight excluding hydrogens is 271 g/mol. The summed E-state index contributed by atoms with van der Waals surface area (Å²) in [5.41, 5.74) is 5.45. The average molecular weight is 279 g/mol. The second-order valence-corrected chi connectivity index (χ2v) is 4.15. The van der Waals surface area contributed by atoms with Crippen LogP contribution in [-0.4, -0.2) is 16.0 Å². The molecule has 4 N–H and O–H groups in total. The Balaban J connectivity index is 2.22. The van der Waals surface area contributed by atoms with Crippen molar-refractivity contribution in [3.8, 4) is 0 Å². The molecule has 1 aliphatic rings. The summed E-state index contributed by atoms with van der Waals surface area (Å²) in [6, 6.07) is 1.81. The predicted octanol–water partition coefficient (Wildman–Crippen LogP) is 1.80. The first-order valence-corrected chi connectivity index (χ1v) is 5.51.